The molecule has 0 fully saturated rings. The van der Waals surface area contributed by atoms with Gasteiger partial charge in [0.25, 0.3) is 0 Å². The van der Waals surface area contributed by atoms with E-state index in [-0.39, 0.29) is 23.6 Å². The van der Waals surface area contributed by atoms with Gasteiger partial charge in [-0.1, -0.05) is 54.6 Å². The van der Waals surface area contributed by atoms with E-state index in [1.54, 1.807) is 0 Å². The van der Waals surface area contributed by atoms with E-state index in [2.05, 4.69) is 12.2 Å². The molecule has 0 spiro atoms. The fourth-order valence-electron chi connectivity index (χ4n) is 4.17. The molecule has 3 aromatic rings. The Morgan fingerprint density at radius 3 is 2.15 bits per heavy atom. The van der Waals surface area contributed by atoms with Gasteiger partial charge in [0.05, 0.1) is 5.69 Å². The molecule has 0 saturated carbocycles. The van der Waals surface area contributed by atoms with Crippen molar-refractivity contribution in [3.8, 4) is 23.2 Å². The van der Waals surface area contributed by atoms with Crippen LogP contribution in [0.5, 0.6) is 17.5 Å². The lowest BCUT2D eigenvalue weighted by atomic mass is 10.0. The third-order valence-electron chi connectivity index (χ3n) is 5.36. The van der Waals surface area contributed by atoms with Crippen LogP contribution in [0, 0.1) is 0 Å². The van der Waals surface area contributed by atoms with Gasteiger partial charge in [-0.25, -0.2) is 4.57 Å². The highest BCUT2D eigenvalue weighted by Crippen LogP contribution is 2.57. The second-order valence-corrected chi connectivity index (χ2v) is 6.89. The molecule has 1 heterocycles. The first-order chi connectivity index (χ1) is 12.7. The molecule has 0 radical (unpaired) electrons. The first-order valence-corrected chi connectivity index (χ1v) is 8.85. The highest BCUT2D eigenvalue weighted by Gasteiger charge is 2.41. The molecule has 0 saturated heterocycles. The number of hydrogen-bond donors (Lipinski definition) is 2. The molecule has 2 aromatic carbocycles. The van der Waals surface area contributed by atoms with Crippen LogP contribution in [0.25, 0.3) is 5.69 Å². The molecule has 130 valence electrons. The standard InChI is InChI=1S/C22H19NO3/c24-21-19-15-10-11-16(12-15)20(19)22(25)23(21)17-8-4-5-9-18(17)26-13-14-6-2-1-3-7-14/h1-11,15-16,24-25H,12-13H2. The molecule has 2 bridgehead atoms. The van der Waals surface area contributed by atoms with Gasteiger partial charge in [0.2, 0.25) is 11.8 Å². The second-order valence-electron chi connectivity index (χ2n) is 6.89. The highest BCUT2D eigenvalue weighted by molar-refractivity contribution is 5.64. The van der Waals surface area contributed by atoms with E-state index in [1.165, 1.54) is 4.57 Å². The minimum Gasteiger partial charge on any atom is -0.494 e. The third kappa shape index (κ3) is 2.15. The Labute approximate surface area is 151 Å². The van der Waals surface area contributed by atoms with E-state index < -0.39 is 0 Å². The summed E-state index contributed by atoms with van der Waals surface area (Å²) < 4.78 is 7.51. The lowest BCUT2D eigenvalue weighted by molar-refractivity contribution is 0.302. The Bertz CT molecular complexity index is 968. The number of rotatable bonds is 4. The van der Waals surface area contributed by atoms with Crippen LogP contribution in [0.15, 0.2) is 66.7 Å². The number of fused-ring (bicyclic) bond motifs is 5. The molecular formula is C22H19NO3. The van der Waals surface area contributed by atoms with Gasteiger partial charge in [-0.05, 0) is 24.1 Å². The van der Waals surface area contributed by atoms with E-state index in [9.17, 15) is 10.2 Å². The van der Waals surface area contributed by atoms with E-state index in [1.807, 2.05) is 54.6 Å². The molecule has 2 atom stereocenters. The quantitative estimate of drug-likeness (QED) is 0.679. The topological polar surface area (TPSA) is 54.6 Å². The van der Waals surface area contributed by atoms with Crippen LogP contribution in [-0.2, 0) is 6.61 Å². The van der Waals surface area contributed by atoms with Crippen molar-refractivity contribution < 1.29 is 14.9 Å². The maximum atomic E-state index is 10.8. The van der Waals surface area contributed by atoms with Crippen molar-refractivity contribution in [2.75, 3.05) is 0 Å². The first kappa shape index (κ1) is 15.1. The summed E-state index contributed by atoms with van der Waals surface area (Å²) in [6.45, 7) is 0.424. The van der Waals surface area contributed by atoms with E-state index in [0.717, 1.165) is 23.1 Å². The molecule has 1 aromatic heterocycles. The SMILES string of the molecule is Oc1c2c(c(O)n1-c1ccccc1OCc1ccccc1)C1C=CC2C1. The van der Waals surface area contributed by atoms with Gasteiger partial charge in [-0.3, -0.25) is 0 Å². The van der Waals surface area contributed by atoms with Gasteiger partial charge in [0.1, 0.15) is 12.4 Å². The minimum absolute atomic E-state index is 0.116. The molecule has 5 rings (SSSR count). The zero-order valence-electron chi connectivity index (χ0n) is 14.2. The monoisotopic (exact) mass is 345 g/mol. The molecule has 2 aliphatic carbocycles. The number of nitrogens with zero attached hydrogens (tertiary/aromatic N) is 1. The molecule has 4 nitrogen and oxygen atoms in total. The summed E-state index contributed by atoms with van der Waals surface area (Å²) in [6.07, 6.45) is 5.18. The van der Waals surface area contributed by atoms with Crippen LogP contribution < -0.4 is 4.74 Å². The van der Waals surface area contributed by atoms with Crippen molar-refractivity contribution in [2.24, 2.45) is 0 Å². The van der Waals surface area contributed by atoms with Gasteiger partial charge in [0, 0.05) is 23.0 Å². The normalized spacial score (nSPS) is 19.7. The number of hydrogen-bond acceptors (Lipinski definition) is 3. The van der Waals surface area contributed by atoms with Gasteiger partial charge < -0.3 is 14.9 Å². The summed E-state index contributed by atoms with van der Waals surface area (Å²) in [6, 6.07) is 17.4. The molecule has 0 amide bonds. The molecule has 2 aliphatic rings. The van der Waals surface area contributed by atoms with Gasteiger partial charge in [-0.15, -0.1) is 0 Å². The summed E-state index contributed by atoms with van der Waals surface area (Å²) in [5, 5.41) is 21.7. The summed E-state index contributed by atoms with van der Waals surface area (Å²) >= 11 is 0. The maximum absolute atomic E-state index is 10.8. The zero-order valence-corrected chi connectivity index (χ0v) is 14.2. The van der Waals surface area contributed by atoms with E-state index >= 15 is 0 Å². The van der Waals surface area contributed by atoms with Crippen molar-refractivity contribution in [2.45, 2.75) is 24.9 Å². The van der Waals surface area contributed by atoms with Gasteiger partial charge in [-0.2, -0.15) is 0 Å². The smallest absolute Gasteiger partial charge is 0.202 e. The number of aromatic nitrogens is 1. The number of aromatic hydroxyl groups is 2. The Kier molecular flexibility index (Phi) is 3.32. The minimum atomic E-state index is 0.116. The Balaban J connectivity index is 1.54. The fourth-order valence-corrected chi connectivity index (χ4v) is 4.17. The summed E-state index contributed by atoms with van der Waals surface area (Å²) in [5.41, 5.74) is 3.42. The first-order valence-electron chi connectivity index (χ1n) is 8.85. The molecule has 26 heavy (non-hydrogen) atoms. The summed E-state index contributed by atoms with van der Waals surface area (Å²) in [4.78, 5) is 0. The molecule has 2 unspecified atom stereocenters. The van der Waals surface area contributed by atoms with Crippen LogP contribution in [0.2, 0.25) is 0 Å². The van der Waals surface area contributed by atoms with Crippen LogP contribution in [-0.4, -0.2) is 14.8 Å². The van der Waals surface area contributed by atoms with E-state index in [0.29, 0.717) is 18.0 Å². The highest BCUT2D eigenvalue weighted by atomic mass is 16.5. The largest absolute Gasteiger partial charge is 0.494 e. The third-order valence-corrected chi connectivity index (χ3v) is 5.36. The molecule has 0 aliphatic heterocycles. The maximum Gasteiger partial charge on any atom is 0.202 e. The predicted octanol–water partition coefficient (Wildman–Crippen LogP) is 4.61. The van der Waals surface area contributed by atoms with Gasteiger partial charge in [0.15, 0.2) is 0 Å². The van der Waals surface area contributed by atoms with Crippen molar-refractivity contribution >= 4 is 0 Å². The lowest BCUT2D eigenvalue weighted by Gasteiger charge is -2.15. The average molecular weight is 345 g/mol. The number of para-hydroxylation sites is 2. The summed E-state index contributed by atoms with van der Waals surface area (Å²) in [7, 11) is 0. The second kappa shape index (κ2) is 5.70. The summed E-state index contributed by atoms with van der Waals surface area (Å²) in [5.74, 6) is 1.24. The Morgan fingerprint density at radius 1 is 0.846 bits per heavy atom. The fraction of sp³-hybridized carbons (Fsp3) is 0.182. The number of allylic oxidation sites excluding steroid dienone is 2. The van der Waals surface area contributed by atoms with Crippen LogP contribution >= 0.6 is 0 Å². The van der Waals surface area contributed by atoms with Crippen molar-refractivity contribution in [1.29, 1.82) is 0 Å². The van der Waals surface area contributed by atoms with Crippen molar-refractivity contribution in [3.63, 3.8) is 0 Å². The molecule has 4 heteroatoms. The zero-order chi connectivity index (χ0) is 17.7. The molecule has 2 N–H and O–H groups in total. The van der Waals surface area contributed by atoms with Gasteiger partial charge >= 0.3 is 0 Å². The van der Waals surface area contributed by atoms with Crippen LogP contribution in [0.4, 0.5) is 0 Å². The Hall–Kier alpha value is -3.14. The van der Waals surface area contributed by atoms with Crippen molar-refractivity contribution in [3.05, 3.63) is 83.4 Å². The number of benzene rings is 2. The Morgan fingerprint density at radius 2 is 1.46 bits per heavy atom. The van der Waals surface area contributed by atoms with E-state index in [4.69, 9.17) is 4.74 Å². The van der Waals surface area contributed by atoms with Crippen LogP contribution in [0.1, 0.15) is 34.9 Å². The molecular weight excluding hydrogens is 326 g/mol. The van der Waals surface area contributed by atoms with Crippen LogP contribution in [0.3, 0.4) is 0 Å². The number of ether oxygens (including phenoxy) is 1. The average Bonchev–Trinajstić information content (AvgIpc) is 3.35. The lowest BCUT2D eigenvalue weighted by Crippen LogP contribution is -2.02. The van der Waals surface area contributed by atoms with Crippen molar-refractivity contribution in [1.82, 2.24) is 4.57 Å². The predicted molar refractivity (Wildman–Crippen MR) is 99.1 cm³/mol.